The molecule has 0 spiro atoms. The number of hydrogen-bond acceptors (Lipinski definition) is 3. The molecule has 102 valence electrons. The van der Waals surface area contributed by atoms with Crippen molar-refractivity contribution in [1.82, 2.24) is 10.2 Å². The van der Waals surface area contributed by atoms with Crippen LogP contribution in [0.5, 0.6) is 0 Å². The molecule has 0 unspecified atom stereocenters. The largest absolute Gasteiger partial charge is 0.278 e. The number of aromatic amines is 1. The van der Waals surface area contributed by atoms with Gasteiger partial charge in [-0.25, -0.2) is 0 Å². The maximum Gasteiger partial charge on any atom is 0.233 e. The maximum absolute atomic E-state index is 12.1. The molecule has 1 aliphatic rings. The molecule has 3 rings (SSSR count). The Morgan fingerprint density at radius 1 is 1.05 bits per heavy atom. The van der Waals surface area contributed by atoms with Crippen LogP contribution in [-0.2, 0) is 9.59 Å². The SMILES string of the molecule is O=C1CCCCC(=O)N1c1cccc(-c2ccn[nH]2)c1. The van der Waals surface area contributed by atoms with Crippen LogP contribution in [0, 0.1) is 0 Å². The Morgan fingerprint density at radius 3 is 2.45 bits per heavy atom. The number of hydrogen-bond donors (Lipinski definition) is 1. The fraction of sp³-hybridized carbons (Fsp3) is 0.267. The third-order valence-electron chi connectivity index (χ3n) is 3.45. The van der Waals surface area contributed by atoms with Gasteiger partial charge in [0.25, 0.3) is 0 Å². The minimum atomic E-state index is -0.116. The van der Waals surface area contributed by atoms with E-state index in [0.717, 1.165) is 24.1 Å². The Balaban J connectivity index is 1.98. The monoisotopic (exact) mass is 269 g/mol. The summed E-state index contributed by atoms with van der Waals surface area (Å²) in [6.07, 6.45) is 4.09. The van der Waals surface area contributed by atoms with Crippen LogP contribution >= 0.6 is 0 Å². The molecule has 1 fully saturated rings. The Kier molecular flexibility index (Phi) is 3.33. The van der Waals surface area contributed by atoms with Crippen LogP contribution in [-0.4, -0.2) is 22.0 Å². The molecule has 0 radical (unpaired) electrons. The standard InChI is InChI=1S/C15H15N3O2/c19-14-6-1-2-7-15(20)18(14)12-5-3-4-11(10-12)13-8-9-16-17-13/h3-5,8-10H,1-2,6-7H2,(H,16,17). The van der Waals surface area contributed by atoms with Crippen molar-refractivity contribution in [2.75, 3.05) is 4.90 Å². The second-order valence-corrected chi connectivity index (χ2v) is 4.85. The Bertz CT molecular complexity index is 616. The highest BCUT2D eigenvalue weighted by atomic mass is 16.2. The zero-order chi connectivity index (χ0) is 13.9. The van der Waals surface area contributed by atoms with E-state index < -0.39 is 0 Å². The number of imide groups is 1. The van der Waals surface area contributed by atoms with Gasteiger partial charge in [0.05, 0.1) is 11.4 Å². The number of amides is 2. The topological polar surface area (TPSA) is 66.1 Å². The highest BCUT2D eigenvalue weighted by Crippen LogP contribution is 2.26. The number of carbonyl (C=O) groups excluding carboxylic acids is 2. The molecule has 1 N–H and O–H groups in total. The lowest BCUT2D eigenvalue weighted by atomic mass is 10.1. The van der Waals surface area contributed by atoms with Crippen LogP contribution in [0.3, 0.4) is 0 Å². The summed E-state index contributed by atoms with van der Waals surface area (Å²) in [7, 11) is 0. The van der Waals surface area contributed by atoms with Gasteiger partial charge in [-0.2, -0.15) is 5.10 Å². The first-order valence-electron chi connectivity index (χ1n) is 6.71. The number of aromatic nitrogens is 2. The van der Waals surface area contributed by atoms with Crippen LogP contribution in [0.1, 0.15) is 25.7 Å². The van der Waals surface area contributed by atoms with Crippen molar-refractivity contribution >= 4 is 17.5 Å². The third-order valence-corrected chi connectivity index (χ3v) is 3.45. The van der Waals surface area contributed by atoms with Crippen LogP contribution < -0.4 is 4.90 Å². The zero-order valence-corrected chi connectivity index (χ0v) is 11.0. The fourth-order valence-electron chi connectivity index (χ4n) is 2.43. The van der Waals surface area contributed by atoms with Crippen molar-refractivity contribution in [1.29, 1.82) is 0 Å². The number of anilines is 1. The predicted molar refractivity (Wildman–Crippen MR) is 75.0 cm³/mol. The Morgan fingerprint density at radius 2 is 1.80 bits per heavy atom. The Labute approximate surface area is 116 Å². The number of nitrogens with zero attached hydrogens (tertiary/aromatic N) is 2. The zero-order valence-electron chi connectivity index (χ0n) is 11.0. The second kappa shape index (κ2) is 5.28. The molecule has 1 saturated heterocycles. The quantitative estimate of drug-likeness (QED) is 0.852. The molecule has 2 heterocycles. The fourth-order valence-corrected chi connectivity index (χ4v) is 2.43. The lowest BCUT2D eigenvalue weighted by Crippen LogP contribution is -2.35. The number of H-pyrrole nitrogens is 1. The molecule has 1 aromatic heterocycles. The summed E-state index contributed by atoms with van der Waals surface area (Å²) in [5.74, 6) is -0.233. The van der Waals surface area contributed by atoms with E-state index in [1.165, 1.54) is 4.90 Å². The highest BCUT2D eigenvalue weighted by Gasteiger charge is 2.25. The van der Waals surface area contributed by atoms with Crippen molar-refractivity contribution < 1.29 is 9.59 Å². The molecule has 0 atom stereocenters. The average molecular weight is 269 g/mol. The summed E-state index contributed by atoms with van der Waals surface area (Å²) in [6.45, 7) is 0. The summed E-state index contributed by atoms with van der Waals surface area (Å²) >= 11 is 0. The van der Waals surface area contributed by atoms with Crippen LogP contribution in [0.25, 0.3) is 11.3 Å². The molecule has 5 heteroatoms. The highest BCUT2D eigenvalue weighted by molar-refractivity contribution is 6.15. The van der Waals surface area contributed by atoms with Gasteiger partial charge in [-0.1, -0.05) is 12.1 Å². The minimum Gasteiger partial charge on any atom is -0.278 e. The first-order valence-corrected chi connectivity index (χ1v) is 6.71. The van der Waals surface area contributed by atoms with Gasteiger partial charge in [0.1, 0.15) is 0 Å². The van der Waals surface area contributed by atoms with Gasteiger partial charge in [-0.05, 0) is 31.0 Å². The van der Waals surface area contributed by atoms with E-state index in [1.54, 1.807) is 12.3 Å². The molecule has 1 aliphatic heterocycles. The molecule has 1 aromatic carbocycles. The minimum absolute atomic E-state index is 0.116. The van der Waals surface area contributed by atoms with Crippen molar-refractivity contribution in [2.24, 2.45) is 0 Å². The maximum atomic E-state index is 12.1. The number of rotatable bonds is 2. The summed E-state index contributed by atoms with van der Waals surface area (Å²) in [6, 6.07) is 9.25. The first kappa shape index (κ1) is 12.6. The number of carbonyl (C=O) groups is 2. The average Bonchev–Trinajstić information content (AvgIpc) is 2.93. The molecule has 5 nitrogen and oxygen atoms in total. The van der Waals surface area contributed by atoms with E-state index in [-0.39, 0.29) is 11.8 Å². The van der Waals surface area contributed by atoms with Gasteiger partial charge in [-0.3, -0.25) is 19.6 Å². The smallest absolute Gasteiger partial charge is 0.233 e. The molecule has 0 aliphatic carbocycles. The van der Waals surface area contributed by atoms with Gasteiger partial charge < -0.3 is 0 Å². The molecule has 2 aromatic rings. The lowest BCUT2D eigenvalue weighted by Gasteiger charge is -2.19. The van der Waals surface area contributed by atoms with Gasteiger partial charge in [-0.15, -0.1) is 0 Å². The van der Waals surface area contributed by atoms with E-state index in [1.807, 2.05) is 24.3 Å². The Hall–Kier alpha value is -2.43. The molecular weight excluding hydrogens is 254 g/mol. The van der Waals surface area contributed by atoms with Crippen molar-refractivity contribution in [3.8, 4) is 11.3 Å². The van der Waals surface area contributed by atoms with Crippen molar-refractivity contribution in [3.63, 3.8) is 0 Å². The first-order chi connectivity index (χ1) is 9.75. The molecule has 0 bridgehead atoms. The van der Waals surface area contributed by atoms with E-state index in [0.29, 0.717) is 18.5 Å². The summed E-state index contributed by atoms with van der Waals surface area (Å²) in [5.41, 5.74) is 2.40. The molecular formula is C15H15N3O2. The summed E-state index contributed by atoms with van der Waals surface area (Å²) < 4.78 is 0. The van der Waals surface area contributed by atoms with Crippen molar-refractivity contribution in [3.05, 3.63) is 36.5 Å². The molecule has 0 saturated carbocycles. The number of benzene rings is 1. The van der Waals surface area contributed by atoms with Gasteiger partial charge in [0.2, 0.25) is 11.8 Å². The second-order valence-electron chi connectivity index (χ2n) is 4.85. The predicted octanol–water partition coefficient (Wildman–Crippen LogP) is 2.51. The van der Waals surface area contributed by atoms with E-state index in [2.05, 4.69) is 10.2 Å². The molecule has 2 amide bonds. The van der Waals surface area contributed by atoms with E-state index >= 15 is 0 Å². The summed E-state index contributed by atoms with van der Waals surface area (Å²) in [4.78, 5) is 25.5. The van der Waals surface area contributed by atoms with Crippen LogP contribution in [0.2, 0.25) is 0 Å². The van der Waals surface area contributed by atoms with Crippen LogP contribution in [0.4, 0.5) is 5.69 Å². The summed E-state index contributed by atoms with van der Waals surface area (Å²) in [5, 5.41) is 6.79. The van der Waals surface area contributed by atoms with Gasteiger partial charge in [0.15, 0.2) is 0 Å². The lowest BCUT2D eigenvalue weighted by molar-refractivity contribution is -0.125. The van der Waals surface area contributed by atoms with Gasteiger partial charge in [0, 0.05) is 24.6 Å². The molecule has 20 heavy (non-hydrogen) atoms. The van der Waals surface area contributed by atoms with Crippen molar-refractivity contribution in [2.45, 2.75) is 25.7 Å². The third kappa shape index (κ3) is 2.34. The number of nitrogens with one attached hydrogen (secondary N) is 1. The van der Waals surface area contributed by atoms with Gasteiger partial charge >= 0.3 is 0 Å². The van der Waals surface area contributed by atoms with E-state index in [9.17, 15) is 9.59 Å². The van der Waals surface area contributed by atoms with E-state index in [4.69, 9.17) is 0 Å². The normalized spacial score (nSPS) is 16.3. The van der Waals surface area contributed by atoms with Crippen LogP contribution in [0.15, 0.2) is 36.5 Å².